The maximum absolute atomic E-state index is 15.2. The summed E-state index contributed by atoms with van der Waals surface area (Å²) >= 11 is 6.54. The quantitative estimate of drug-likeness (QED) is 0.109. The molecule has 1 heterocycles. The molecular weight excluding hydrogens is 1140 g/mol. The minimum atomic E-state index is -1.64. The molecular formula is C63H112ClN11O12. The summed E-state index contributed by atoms with van der Waals surface area (Å²) in [4.78, 5) is 170. The van der Waals surface area contributed by atoms with Gasteiger partial charge in [0.15, 0.2) is 0 Å². The van der Waals surface area contributed by atoms with Crippen molar-refractivity contribution in [2.24, 2.45) is 41.4 Å². The number of carbonyl (C=O) groups is 11. The van der Waals surface area contributed by atoms with Crippen LogP contribution in [-0.4, -0.2) is 232 Å². The minimum Gasteiger partial charge on any atom is -0.390 e. The van der Waals surface area contributed by atoms with Gasteiger partial charge in [0.2, 0.25) is 65.0 Å². The van der Waals surface area contributed by atoms with Crippen molar-refractivity contribution in [3.63, 3.8) is 0 Å². The average molecular weight is 1250 g/mol. The third kappa shape index (κ3) is 21.7. The number of halogens is 1. The molecule has 11 amide bonds. The highest BCUT2D eigenvalue weighted by molar-refractivity contribution is 6.20. The van der Waals surface area contributed by atoms with Crippen molar-refractivity contribution in [2.45, 2.75) is 229 Å². The Morgan fingerprint density at radius 1 is 0.437 bits per heavy atom. The third-order valence-electron chi connectivity index (χ3n) is 16.5. The van der Waals surface area contributed by atoms with Crippen LogP contribution in [0.2, 0.25) is 0 Å². The first-order valence-corrected chi connectivity index (χ1v) is 31.6. The normalized spacial score (nSPS) is 27.4. The highest BCUT2D eigenvalue weighted by atomic mass is 35.5. The molecule has 13 atom stereocenters. The Balaban J connectivity index is 4.41. The first kappa shape index (κ1) is 79.2. The van der Waals surface area contributed by atoms with Gasteiger partial charge in [0.05, 0.1) is 12.0 Å². The maximum atomic E-state index is 15.2. The van der Waals surface area contributed by atoms with E-state index < -0.39 is 161 Å². The number of hydrogen-bond acceptors (Lipinski definition) is 12. The summed E-state index contributed by atoms with van der Waals surface area (Å²) in [7, 11) is 9.82. The van der Waals surface area contributed by atoms with Crippen molar-refractivity contribution >= 4 is 76.6 Å². The molecule has 23 nitrogen and oxygen atoms in total. The molecule has 0 aromatic carbocycles. The Morgan fingerprint density at radius 3 is 1.24 bits per heavy atom. The highest BCUT2D eigenvalue weighted by Gasteiger charge is 2.46. The number of carbonyl (C=O) groups excluding carboxylic acids is 11. The summed E-state index contributed by atoms with van der Waals surface area (Å²) in [6, 6.07) is -14.0. The van der Waals surface area contributed by atoms with Crippen LogP contribution in [0.25, 0.3) is 0 Å². The number of amides is 11. The molecule has 24 heteroatoms. The van der Waals surface area contributed by atoms with Crippen molar-refractivity contribution in [2.75, 3.05) is 55.2 Å². The van der Waals surface area contributed by atoms with Crippen molar-refractivity contribution in [3.8, 4) is 0 Å². The highest BCUT2D eigenvalue weighted by Crippen LogP contribution is 2.26. The minimum absolute atomic E-state index is 0.0238. The number of likely N-dealkylation sites (N-methyl/N-ethyl adjacent to an activating group) is 7. The largest absolute Gasteiger partial charge is 0.390 e. The number of aliphatic hydroxyl groups excluding tert-OH is 1. The van der Waals surface area contributed by atoms with Crippen LogP contribution in [0.15, 0.2) is 12.2 Å². The predicted molar refractivity (Wildman–Crippen MR) is 338 cm³/mol. The van der Waals surface area contributed by atoms with Crippen LogP contribution in [0.4, 0.5) is 0 Å². The molecule has 0 aromatic heterocycles. The van der Waals surface area contributed by atoms with Crippen LogP contribution in [-0.2, 0) is 52.7 Å². The molecule has 498 valence electrons. The summed E-state index contributed by atoms with van der Waals surface area (Å²) in [5.74, 6) is -10.6. The standard InChI is InChI=1S/C63H112ClN11O12/c1-25-27-28-40(15)52(76)51-56(80)67-43(26-2)58(82)73(22)48(33-64)61(85)69(18)45(30-35(5)6)55(79)68-49(38(11)12)62(86)70(19)44(29-34(3)4)54(78)65-41(16)53(77)66-42(17)57(81)71(20)46(31-36(7)8)59(83)72(21)47(32-37(9)10)60(84)74(23)50(39(13)14)63(87)75(51)24/h25,27,34-52,76H,26,28-33H2,1-24H3,(H,65,78)(H,66,77)(H,67,80)(H,68,79)/t40-,41+,42-,43+,44+,45+,46+,47+,48?,49+,50+,51+,52-/m1/s1. The van der Waals surface area contributed by atoms with Crippen LogP contribution in [0.1, 0.15) is 156 Å². The van der Waals surface area contributed by atoms with Gasteiger partial charge in [-0.2, -0.15) is 0 Å². The molecule has 0 aliphatic carbocycles. The van der Waals surface area contributed by atoms with Crippen molar-refractivity contribution in [3.05, 3.63) is 12.2 Å². The molecule has 5 N–H and O–H groups in total. The number of allylic oxidation sites excluding steroid dienone is 2. The lowest BCUT2D eigenvalue weighted by Crippen LogP contribution is -2.64. The molecule has 0 bridgehead atoms. The van der Waals surface area contributed by atoms with Gasteiger partial charge in [-0.3, -0.25) is 52.7 Å². The van der Waals surface area contributed by atoms with Crippen LogP contribution in [0, 0.1) is 41.4 Å². The molecule has 1 fully saturated rings. The van der Waals surface area contributed by atoms with E-state index in [1.54, 1.807) is 60.6 Å². The lowest BCUT2D eigenvalue weighted by Gasteiger charge is -2.41. The smallest absolute Gasteiger partial charge is 0.247 e. The average Bonchev–Trinajstić information content (AvgIpc) is 1.23. The third-order valence-corrected chi connectivity index (χ3v) is 16.8. The summed E-state index contributed by atoms with van der Waals surface area (Å²) in [6.45, 7) is 29.7. The Morgan fingerprint density at radius 2 is 0.816 bits per heavy atom. The number of nitrogens with one attached hydrogen (secondary N) is 4. The lowest BCUT2D eigenvalue weighted by atomic mass is 9.91. The number of nitrogens with zero attached hydrogens (tertiary/aromatic N) is 7. The van der Waals surface area contributed by atoms with Gasteiger partial charge in [0.25, 0.3) is 0 Å². The first-order chi connectivity index (χ1) is 40.2. The summed E-state index contributed by atoms with van der Waals surface area (Å²) in [5.41, 5.74) is 0. The van der Waals surface area contributed by atoms with E-state index in [1.807, 2.05) is 55.4 Å². The second-order valence-electron chi connectivity index (χ2n) is 26.5. The van der Waals surface area contributed by atoms with Gasteiger partial charge in [-0.05, 0) is 101 Å². The van der Waals surface area contributed by atoms with E-state index in [2.05, 4.69) is 21.3 Å². The SMILES string of the molecule is CC=CC[C@@H](C)[C@@H](O)[C@H]1C(=O)N[C@@H](CC)C(=O)N(C)C(CCl)C(=O)N(C)[C@@H](CC(C)C)C(=O)N[C@@H](C(C)C)C(=O)N(C)[C@@H](CC(C)C)C(=O)N[C@@H](C)C(=O)N[C@H](C)C(=O)N(C)[C@@H](CC(C)C)C(=O)N(C)[C@@H](CC(C)C)C(=O)N(C)[C@@H](C(C)C)C(=O)N1C. The zero-order valence-electron chi connectivity index (χ0n) is 57.0. The second-order valence-corrected chi connectivity index (χ2v) is 26.8. The summed E-state index contributed by atoms with van der Waals surface area (Å²) in [6.07, 6.45) is 2.86. The van der Waals surface area contributed by atoms with Crippen molar-refractivity contribution in [1.82, 2.24) is 55.6 Å². The molecule has 1 rings (SSSR count). The topological polar surface area (TPSA) is 279 Å². The number of hydrogen-bond donors (Lipinski definition) is 5. The number of rotatable bonds is 16. The number of aliphatic hydroxyl groups is 1. The van der Waals surface area contributed by atoms with E-state index in [0.29, 0.717) is 6.42 Å². The Bertz CT molecular complexity index is 2390. The van der Waals surface area contributed by atoms with Crippen LogP contribution in [0.3, 0.4) is 0 Å². The van der Waals surface area contributed by atoms with E-state index in [-0.39, 0.29) is 55.8 Å². The fourth-order valence-corrected chi connectivity index (χ4v) is 11.3. The Kier molecular flexibility index (Phi) is 32.7. The van der Waals surface area contributed by atoms with Crippen LogP contribution < -0.4 is 21.3 Å². The monoisotopic (exact) mass is 1250 g/mol. The fourth-order valence-electron chi connectivity index (χ4n) is 11.0. The predicted octanol–water partition coefficient (Wildman–Crippen LogP) is 3.88. The zero-order chi connectivity index (χ0) is 67.6. The van der Waals surface area contributed by atoms with Gasteiger partial charge in [-0.15, -0.1) is 11.6 Å². The molecule has 1 aliphatic heterocycles. The van der Waals surface area contributed by atoms with Gasteiger partial charge in [0.1, 0.15) is 66.5 Å². The molecule has 1 aliphatic rings. The molecule has 0 saturated carbocycles. The first-order valence-electron chi connectivity index (χ1n) is 31.1. The van der Waals surface area contributed by atoms with E-state index in [4.69, 9.17) is 11.6 Å². The lowest BCUT2D eigenvalue weighted by molar-refractivity contribution is -0.157. The van der Waals surface area contributed by atoms with Gasteiger partial charge >= 0.3 is 0 Å². The molecule has 1 unspecified atom stereocenters. The van der Waals surface area contributed by atoms with Gasteiger partial charge < -0.3 is 60.7 Å². The van der Waals surface area contributed by atoms with Crippen LogP contribution >= 0.6 is 11.6 Å². The maximum Gasteiger partial charge on any atom is 0.247 e. The molecule has 0 aromatic rings. The second kappa shape index (κ2) is 36.0. The van der Waals surface area contributed by atoms with E-state index >= 15 is 9.59 Å². The summed E-state index contributed by atoms with van der Waals surface area (Å²) < 4.78 is 0. The Labute approximate surface area is 525 Å². The van der Waals surface area contributed by atoms with Crippen LogP contribution in [0.5, 0.6) is 0 Å². The van der Waals surface area contributed by atoms with Crippen molar-refractivity contribution < 1.29 is 57.8 Å². The molecule has 1 saturated heterocycles. The van der Waals surface area contributed by atoms with E-state index in [9.17, 15) is 48.3 Å². The molecule has 0 radical (unpaired) electrons. The van der Waals surface area contributed by atoms with E-state index in [1.165, 1.54) is 87.7 Å². The summed E-state index contributed by atoms with van der Waals surface area (Å²) in [5, 5.41) is 23.1. The van der Waals surface area contributed by atoms with E-state index in [0.717, 1.165) is 9.80 Å². The van der Waals surface area contributed by atoms with Gasteiger partial charge in [-0.25, -0.2) is 0 Å². The van der Waals surface area contributed by atoms with Gasteiger partial charge in [0, 0.05) is 49.3 Å². The molecule has 0 spiro atoms. The molecule has 87 heavy (non-hydrogen) atoms. The fraction of sp³-hybridized carbons (Fsp3) is 0.794. The van der Waals surface area contributed by atoms with Gasteiger partial charge in [-0.1, -0.05) is 109 Å². The van der Waals surface area contributed by atoms with Crippen molar-refractivity contribution in [1.29, 1.82) is 0 Å². The Hall–Kier alpha value is -5.84. The zero-order valence-corrected chi connectivity index (χ0v) is 57.8. The number of alkyl halides is 1.